The van der Waals surface area contributed by atoms with E-state index < -0.39 is 0 Å². The standard InChI is InChI=1S/C12H22O3/c1-3-5-11(6-4-2)7-8-12(14)15-10-9-13/h5,13H,3-4,6-10H2,1-2H3. The van der Waals surface area contributed by atoms with E-state index in [9.17, 15) is 4.79 Å². The van der Waals surface area contributed by atoms with Gasteiger partial charge in [-0.3, -0.25) is 4.79 Å². The number of hydrogen-bond donors (Lipinski definition) is 1. The van der Waals surface area contributed by atoms with E-state index in [1.165, 1.54) is 5.57 Å². The summed E-state index contributed by atoms with van der Waals surface area (Å²) >= 11 is 0. The van der Waals surface area contributed by atoms with Crippen molar-refractivity contribution in [1.29, 1.82) is 0 Å². The Morgan fingerprint density at radius 3 is 2.53 bits per heavy atom. The van der Waals surface area contributed by atoms with Crippen LogP contribution in [0.5, 0.6) is 0 Å². The number of carbonyl (C=O) groups excluding carboxylic acids is 1. The molecule has 3 heteroatoms. The Balaban J connectivity index is 3.78. The van der Waals surface area contributed by atoms with Gasteiger partial charge in [0, 0.05) is 6.42 Å². The Morgan fingerprint density at radius 1 is 1.27 bits per heavy atom. The van der Waals surface area contributed by atoms with Gasteiger partial charge in [0.1, 0.15) is 6.61 Å². The molecule has 15 heavy (non-hydrogen) atoms. The van der Waals surface area contributed by atoms with Crippen LogP contribution in [-0.2, 0) is 9.53 Å². The van der Waals surface area contributed by atoms with Gasteiger partial charge in [0.2, 0.25) is 0 Å². The van der Waals surface area contributed by atoms with Crippen molar-refractivity contribution >= 4 is 5.97 Å². The number of rotatable bonds is 8. The predicted molar refractivity (Wildman–Crippen MR) is 60.6 cm³/mol. The molecular formula is C12H22O3. The van der Waals surface area contributed by atoms with Crippen molar-refractivity contribution in [3.8, 4) is 0 Å². The van der Waals surface area contributed by atoms with Crippen LogP contribution >= 0.6 is 0 Å². The minimum absolute atomic E-state index is 0.0989. The second kappa shape index (κ2) is 9.71. The summed E-state index contributed by atoms with van der Waals surface area (Å²) in [5.41, 5.74) is 1.33. The van der Waals surface area contributed by atoms with Crippen molar-refractivity contribution in [2.75, 3.05) is 13.2 Å². The first-order valence-electron chi connectivity index (χ1n) is 5.68. The van der Waals surface area contributed by atoms with Crippen LogP contribution in [0.1, 0.15) is 46.0 Å². The molecule has 0 saturated carbocycles. The molecule has 0 saturated heterocycles. The van der Waals surface area contributed by atoms with E-state index in [4.69, 9.17) is 9.84 Å². The number of allylic oxidation sites excluding steroid dienone is 2. The molecule has 3 nitrogen and oxygen atoms in total. The molecule has 1 N–H and O–H groups in total. The number of aliphatic hydroxyl groups is 1. The molecule has 0 fully saturated rings. The molecule has 0 radical (unpaired) electrons. The Bertz CT molecular complexity index is 197. The zero-order valence-corrected chi connectivity index (χ0v) is 9.79. The molecule has 0 aromatic carbocycles. The zero-order chi connectivity index (χ0) is 11.5. The highest BCUT2D eigenvalue weighted by atomic mass is 16.5. The number of carbonyl (C=O) groups is 1. The summed E-state index contributed by atoms with van der Waals surface area (Å²) in [6, 6.07) is 0. The topological polar surface area (TPSA) is 46.5 Å². The van der Waals surface area contributed by atoms with Gasteiger partial charge in [0.25, 0.3) is 0 Å². The molecule has 0 aromatic rings. The van der Waals surface area contributed by atoms with Gasteiger partial charge in [-0.15, -0.1) is 0 Å². The zero-order valence-electron chi connectivity index (χ0n) is 9.79. The van der Waals surface area contributed by atoms with Gasteiger partial charge in [0.05, 0.1) is 6.61 Å². The Morgan fingerprint density at radius 2 is 2.00 bits per heavy atom. The largest absolute Gasteiger partial charge is 0.463 e. The van der Waals surface area contributed by atoms with Crippen LogP contribution in [0.2, 0.25) is 0 Å². The minimum atomic E-state index is -0.220. The average molecular weight is 214 g/mol. The second-order valence-corrected chi connectivity index (χ2v) is 3.46. The van der Waals surface area contributed by atoms with Crippen molar-refractivity contribution in [2.24, 2.45) is 0 Å². The number of hydrogen-bond acceptors (Lipinski definition) is 3. The first kappa shape index (κ1) is 14.2. The van der Waals surface area contributed by atoms with E-state index in [0.717, 1.165) is 25.7 Å². The quantitative estimate of drug-likeness (QED) is 0.498. The van der Waals surface area contributed by atoms with Crippen molar-refractivity contribution in [3.05, 3.63) is 11.6 Å². The maximum Gasteiger partial charge on any atom is 0.306 e. The lowest BCUT2D eigenvalue weighted by Gasteiger charge is -2.06. The molecule has 0 heterocycles. The van der Waals surface area contributed by atoms with Crippen LogP contribution in [0, 0.1) is 0 Å². The van der Waals surface area contributed by atoms with Crippen molar-refractivity contribution in [3.63, 3.8) is 0 Å². The van der Waals surface area contributed by atoms with Crippen LogP contribution in [0.15, 0.2) is 11.6 Å². The van der Waals surface area contributed by atoms with E-state index in [2.05, 4.69) is 19.9 Å². The Hall–Kier alpha value is -0.830. The van der Waals surface area contributed by atoms with Crippen molar-refractivity contribution < 1.29 is 14.6 Å². The first-order chi connectivity index (χ1) is 7.24. The van der Waals surface area contributed by atoms with Gasteiger partial charge >= 0.3 is 5.97 Å². The normalized spacial score (nSPS) is 11.5. The lowest BCUT2D eigenvalue weighted by Crippen LogP contribution is -2.08. The molecule has 0 spiro atoms. The fraction of sp³-hybridized carbons (Fsp3) is 0.750. The van der Waals surface area contributed by atoms with E-state index in [1.54, 1.807) is 0 Å². The second-order valence-electron chi connectivity index (χ2n) is 3.46. The summed E-state index contributed by atoms with van der Waals surface area (Å²) in [4.78, 5) is 11.2. The molecule has 0 aromatic heterocycles. The Labute approximate surface area is 92.1 Å². The van der Waals surface area contributed by atoms with E-state index in [0.29, 0.717) is 6.42 Å². The van der Waals surface area contributed by atoms with Gasteiger partial charge < -0.3 is 9.84 Å². The van der Waals surface area contributed by atoms with Gasteiger partial charge in [-0.1, -0.05) is 31.9 Å². The van der Waals surface area contributed by atoms with Crippen molar-refractivity contribution in [2.45, 2.75) is 46.0 Å². The molecule has 0 bridgehead atoms. The fourth-order valence-corrected chi connectivity index (χ4v) is 1.43. The summed E-state index contributed by atoms with van der Waals surface area (Å²) in [7, 11) is 0. The smallest absolute Gasteiger partial charge is 0.306 e. The summed E-state index contributed by atoms with van der Waals surface area (Å²) in [6.45, 7) is 4.24. The van der Waals surface area contributed by atoms with Gasteiger partial charge in [-0.25, -0.2) is 0 Å². The highest BCUT2D eigenvalue weighted by Gasteiger charge is 2.04. The molecule has 0 aliphatic rings. The van der Waals surface area contributed by atoms with Crippen LogP contribution in [0.4, 0.5) is 0 Å². The van der Waals surface area contributed by atoms with Crippen molar-refractivity contribution in [1.82, 2.24) is 0 Å². The molecule has 0 amide bonds. The highest BCUT2D eigenvalue weighted by molar-refractivity contribution is 5.69. The molecule has 0 atom stereocenters. The minimum Gasteiger partial charge on any atom is -0.463 e. The number of aliphatic hydroxyl groups excluding tert-OH is 1. The summed E-state index contributed by atoms with van der Waals surface area (Å²) in [5.74, 6) is -0.220. The average Bonchev–Trinajstić information content (AvgIpc) is 2.23. The van der Waals surface area contributed by atoms with Gasteiger partial charge in [0.15, 0.2) is 0 Å². The molecule has 0 aliphatic carbocycles. The SMILES string of the molecule is CCC=C(CCC)CCC(=O)OCCO. The molecule has 88 valence electrons. The number of esters is 1. The lowest BCUT2D eigenvalue weighted by molar-refractivity contribution is -0.144. The summed E-state index contributed by atoms with van der Waals surface area (Å²) < 4.78 is 4.78. The van der Waals surface area contributed by atoms with E-state index >= 15 is 0 Å². The van der Waals surface area contributed by atoms with Gasteiger partial charge in [-0.05, 0) is 19.3 Å². The summed E-state index contributed by atoms with van der Waals surface area (Å²) in [6.07, 6.45) is 6.57. The summed E-state index contributed by atoms with van der Waals surface area (Å²) in [5, 5.41) is 8.47. The van der Waals surface area contributed by atoms with Crippen LogP contribution in [0.3, 0.4) is 0 Å². The highest BCUT2D eigenvalue weighted by Crippen LogP contribution is 2.13. The predicted octanol–water partition coefficient (Wildman–Crippen LogP) is 2.44. The fourth-order valence-electron chi connectivity index (χ4n) is 1.43. The molecule has 0 unspecified atom stereocenters. The van der Waals surface area contributed by atoms with E-state index in [1.807, 2.05) is 0 Å². The third-order valence-electron chi connectivity index (χ3n) is 2.07. The van der Waals surface area contributed by atoms with Crippen LogP contribution < -0.4 is 0 Å². The molecule has 0 aliphatic heterocycles. The maximum atomic E-state index is 11.2. The van der Waals surface area contributed by atoms with Gasteiger partial charge in [-0.2, -0.15) is 0 Å². The first-order valence-corrected chi connectivity index (χ1v) is 5.68. The molecule has 0 rings (SSSR count). The third kappa shape index (κ3) is 8.18. The third-order valence-corrected chi connectivity index (χ3v) is 2.07. The van der Waals surface area contributed by atoms with Crippen LogP contribution in [0.25, 0.3) is 0 Å². The lowest BCUT2D eigenvalue weighted by atomic mass is 10.0. The monoisotopic (exact) mass is 214 g/mol. The van der Waals surface area contributed by atoms with Crippen LogP contribution in [-0.4, -0.2) is 24.3 Å². The molecular weight excluding hydrogens is 192 g/mol. The number of ether oxygens (including phenoxy) is 1. The van der Waals surface area contributed by atoms with E-state index in [-0.39, 0.29) is 19.2 Å². The Kier molecular flexibility index (Phi) is 9.18. The maximum absolute atomic E-state index is 11.2.